The molecule has 1 aromatic carbocycles. The van der Waals surface area contributed by atoms with E-state index < -0.39 is 0 Å². The zero-order valence-electron chi connectivity index (χ0n) is 7.95. The second-order valence-corrected chi connectivity index (χ2v) is 4.82. The molecule has 0 atom stereocenters. The molecule has 1 aromatic rings. The van der Waals surface area contributed by atoms with Gasteiger partial charge in [0.2, 0.25) is 0 Å². The first-order valence-electron chi connectivity index (χ1n) is 5.03. The molecule has 0 unspecified atom stereocenters. The highest BCUT2D eigenvalue weighted by Crippen LogP contribution is 2.35. The molecule has 0 bridgehead atoms. The zero-order valence-corrected chi connectivity index (χ0v) is 8.77. The van der Waals surface area contributed by atoms with Crippen molar-refractivity contribution in [2.75, 3.05) is 23.4 Å². The highest BCUT2D eigenvalue weighted by atomic mass is 32.2. The fourth-order valence-electron chi connectivity index (χ4n) is 1.87. The predicted octanol–water partition coefficient (Wildman–Crippen LogP) is 2.15. The van der Waals surface area contributed by atoms with Crippen LogP contribution >= 0.6 is 11.8 Å². The summed E-state index contributed by atoms with van der Waals surface area (Å²) in [7, 11) is 0. The third-order valence-corrected chi connectivity index (χ3v) is 3.92. The minimum atomic E-state index is 0.439. The lowest BCUT2D eigenvalue weighted by Crippen LogP contribution is -2.31. The maximum atomic E-state index is 5.91. The molecule has 2 aliphatic heterocycles. The molecule has 0 aromatic heterocycles. The number of ether oxygens (including phenoxy) is 1. The molecule has 0 aliphatic carbocycles. The Kier molecular flexibility index (Phi) is 2.05. The van der Waals surface area contributed by atoms with E-state index in [0.29, 0.717) is 6.10 Å². The number of hydrogen-bond acceptors (Lipinski definition) is 3. The fourth-order valence-corrected chi connectivity index (χ4v) is 2.43. The lowest BCUT2D eigenvalue weighted by Gasteiger charge is -2.26. The lowest BCUT2D eigenvalue weighted by molar-refractivity contribution is 0.241. The van der Waals surface area contributed by atoms with Crippen molar-refractivity contribution >= 4 is 17.4 Å². The van der Waals surface area contributed by atoms with Crippen LogP contribution in [0.25, 0.3) is 0 Å². The number of rotatable bonds is 2. The van der Waals surface area contributed by atoms with Gasteiger partial charge in [0.25, 0.3) is 0 Å². The van der Waals surface area contributed by atoms with Crippen LogP contribution in [0.15, 0.2) is 18.2 Å². The van der Waals surface area contributed by atoms with Gasteiger partial charge in [-0.2, -0.15) is 11.8 Å². The molecule has 1 N–H and O–H groups in total. The number of thioether (sulfide) groups is 1. The van der Waals surface area contributed by atoms with Gasteiger partial charge in [0.15, 0.2) is 0 Å². The van der Waals surface area contributed by atoms with Crippen molar-refractivity contribution in [2.45, 2.75) is 12.5 Å². The monoisotopic (exact) mass is 207 g/mol. The van der Waals surface area contributed by atoms with Crippen LogP contribution in [-0.4, -0.2) is 24.2 Å². The third-order valence-electron chi connectivity index (χ3n) is 2.71. The molecule has 1 fully saturated rings. The SMILES string of the molecule is c1cc2c(c(OC3CSC3)c1)NCC2. The van der Waals surface area contributed by atoms with E-state index in [4.69, 9.17) is 4.74 Å². The molecular weight excluding hydrogens is 194 g/mol. The van der Waals surface area contributed by atoms with E-state index >= 15 is 0 Å². The van der Waals surface area contributed by atoms with Crippen LogP contribution < -0.4 is 10.1 Å². The van der Waals surface area contributed by atoms with Crippen LogP contribution in [0.1, 0.15) is 5.56 Å². The summed E-state index contributed by atoms with van der Waals surface area (Å²) >= 11 is 1.95. The minimum absolute atomic E-state index is 0.439. The lowest BCUT2D eigenvalue weighted by atomic mass is 10.1. The fraction of sp³-hybridized carbons (Fsp3) is 0.455. The number of hydrogen-bond donors (Lipinski definition) is 1. The Balaban J connectivity index is 1.85. The summed E-state index contributed by atoms with van der Waals surface area (Å²) < 4.78 is 5.91. The molecule has 0 radical (unpaired) electrons. The van der Waals surface area contributed by atoms with E-state index in [9.17, 15) is 0 Å². The first-order chi connectivity index (χ1) is 6.93. The Hall–Kier alpha value is -0.830. The summed E-state index contributed by atoms with van der Waals surface area (Å²) in [5.74, 6) is 3.33. The molecule has 0 amide bonds. The number of anilines is 1. The predicted molar refractivity (Wildman–Crippen MR) is 60.4 cm³/mol. The van der Waals surface area contributed by atoms with Gasteiger partial charge in [-0.25, -0.2) is 0 Å². The van der Waals surface area contributed by atoms with Gasteiger partial charge in [0, 0.05) is 18.1 Å². The quantitative estimate of drug-likeness (QED) is 0.803. The standard InChI is InChI=1S/C11H13NOS/c1-2-8-4-5-12-11(8)10(3-1)13-9-6-14-7-9/h1-3,9,12H,4-7H2. The van der Waals surface area contributed by atoms with Crippen LogP contribution in [0.2, 0.25) is 0 Å². The summed E-state index contributed by atoms with van der Waals surface area (Å²) in [6.07, 6.45) is 1.57. The van der Waals surface area contributed by atoms with Gasteiger partial charge in [-0.1, -0.05) is 12.1 Å². The van der Waals surface area contributed by atoms with Crippen molar-refractivity contribution in [3.05, 3.63) is 23.8 Å². The van der Waals surface area contributed by atoms with E-state index in [1.54, 1.807) is 0 Å². The maximum absolute atomic E-state index is 5.91. The molecule has 0 saturated carbocycles. The van der Waals surface area contributed by atoms with Gasteiger partial charge in [-0.05, 0) is 18.1 Å². The van der Waals surface area contributed by atoms with Crippen molar-refractivity contribution in [1.82, 2.24) is 0 Å². The van der Waals surface area contributed by atoms with Crippen molar-refractivity contribution < 1.29 is 4.74 Å². The maximum Gasteiger partial charge on any atom is 0.143 e. The molecule has 74 valence electrons. The summed E-state index contributed by atoms with van der Waals surface area (Å²) in [5.41, 5.74) is 2.62. The number of fused-ring (bicyclic) bond motifs is 1. The molecule has 0 spiro atoms. The summed E-state index contributed by atoms with van der Waals surface area (Å²) in [5, 5.41) is 3.39. The number of benzene rings is 1. The minimum Gasteiger partial charge on any atom is -0.487 e. The molecule has 2 nitrogen and oxygen atoms in total. The molecule has 2 aliphatic rings. The molecular formula is C11H13NOS. The number of para-hydroxylation sites is 1. The van der Waals surface area contributed by atoms with E-state index in [-0.39, 0.29) is 0 Å². The van der Waals surface area contributed by atoms with Crippen molar-refractivity contribution in [1.29, 1.82) is 0 Å². The van der Waals surface area contributed by atoms with Gasteiger partial charge < -0.3 is 10.1 Å². The highest BCUT2D eigenvalue weighted by molar-refractivity contribution is 8.00. The van der Waals surface area contributed by atoms with Crippen LogP contribution in [0.4, 0.5) is 5.69 Å². The normalized spacial score (nSPS) is 19.7. The first-order valence-corrected chi connectivity index (χ1v) is 6.19. The Morgan fingerprint density at radius 1 is 1.36 bits per heavy atom. The van der Waals surface area contributed by atoms with Gasteiger partial charge in [-0.15, -0.1) is 0 Å². The third kappa shape index (κ3) is 1.36. The molecule has 2 heterocycles. The van der Waals surface area contributed by atoms with Gasteiger partial charge in [0.1, 0.15) is 11.9 Å². The second kappa shape index (κ2) is 3.39. The van der Waals surface area contributed by atoms with Crippen molar-refractivity contribution in [3.8, 4) is 5.75 Å². The molecule has 3 heteroatoms. The van der Waals surface area contributed by atoms with E-state index in [1.807, 2.05) is 11.8 Å². The Labute approximate surface area is 88.0 Å². The van der Waals surface area contributed by atoms with E-state index in [2.05, 4.69) is 23.5 Å². The zero-order chi connectivity index (χ0) is 9.38. The van der Waals surface area contributed by atoms with Gasteiger partial charge in [0.05, 0.1) is 5.69 Å². The van der Waals surface area contributed by atoms with Gasteiger partial charge in [-0.3, -0.25) is 0 Å². The van der Waals surface area contributed by atoms with Gasteiger partial charge >= 0.3 is 0 Å². The second-order valence-electron chi connectivity index (χ2n) is 3.74. The average molecular weight is 207 g/mol. The Bertz CT molecular complexity index is 349. The van der Waals surface area contributed by atoms with E-state index in [1.165, 1.54) is 11.3 Å². The van der Waals surface area contributed by atoms with Crippen LogP contribution in [-0.2, 0) is 6.42 Å². The first kappa shape index (κ1) is 8.48. The summed E-state index contributed by atoms with van der Waals surface area (Å²) in [6.45, 7) is 1.05. The van der Waals surface area contributed by atoms with Crippen molar-refractivity contribution in [2.24, 2.45) is 0 Å². The molecule has 1 saturated heterocycles. The summed E-state index contributed by atoms with van der Waals surface area (Å²) in [4.78, 5) is 0. The topological polar surface area (TPSA) is 21.3 Å². The smallest absolute Gasteiger partial charge is 0.143 e. The Morgan fingerprint density at radius 2 is 2.29 bits per heavy atom. The number of nitrogens with one attached hydrogen (secondary N) is 1. The summed E-state index contributed by atoms with van der Waals surface area (Å²) in [6, 6.07) is 6.34. The van der Waals surface area contributed by atoms with Crippen LogP contribution in [0, 0.1) is 0 Å². The van der Waals surface area contributed by atoms with E-state index in [0.717, 1.165) is 30.2 Å². The van der Waals surface area contributed by atoms with Crippen LogP contribution in [0.5, 0.6) is 5.75 Å². The molecule has 3 rings (SSSR count). The average Bonchev–Trinajstić information content (AvgIpc) is 2.59. The molecule has 14 heavy (non-hydrogen) atoms. The largest absolute Gasteiger partial charge is 0.487 e. The Morgan fingerprint density at radius 3 is 3.07 bits per heavy atom. The van der Waals surface area contributed by atoms with Crippen LogP contribution in [0.3, 0.4) is 0 Å². The van der Waals surface area contributed by atoms with Crippen molar-refractivity contribution in [3.63, 3.8) is 0 Å². The highest BCUT2D eigenvalue weighted by Gasteiger charge is 2.22.